The Bertz CT molecular complexity index is 4090. The minimum atomic E-state index is -4.60. The highest BCUT2D eigenvalue weighted by molar-refractivity contribution is 6.12. The summed E-state index contributed by atoms with van der Waals surface area (Å²) in [5.74, 6) is 1.19. The van der Waals surface area contributed by atoms with Gasteiger partial charge in [0.15, 0.2) is 17.5 Å². The fourth-order valence-electron chi connectivity index (χ4n) is 9.74. The second-order valence-corrected chi connectivity index (χ2v) is 17.4. The Labute approximate surface area is 407 Å². The molecule has 3 heterocycles. The molecule has 0 atom stereocenters. The molecular weight excluding hydrogens is 919 g/mol. The van der Waals surface area contributed by atoms with Crippen LogP contribution in [0.25, 0.3) is 111 Å². The van der Waals surface area contributed by atoms with Crippen LogP contribution in [0.15, 0.2) is 206 Å². The summed E-state index contributed by atoms with van der Waals surface area (Å²) in [7, 11) is 0. The number of para-hydroxylation sites is 2. The van der Waals surface area contributed by atoms with Gasteiger partial charge in [0.1, 0.15) is 0 Å². The van der Waals surface area contributed by atoms with Gasteiger partial charge in [-0.2, -0.15) is 31.6 Å². The maximum absolute atomic E-state index is 14.4. The highest BCUT2D eigenvalue weighted by atomic mass is 19.4. The summed E-state index contributed by atoms with van der Waals surface area (Å²) in [6.07, 6.45) is -9.20. The van der Waals surface area contributed by atoms with Crippen LogP contribution in [-0.4, -0.2) is 24.1 Å². The molecule has 346 valence electrons. The first-order chi connectivity index (χ1) is 34.9. The number of rotatable bonds is 7. The molecule has 0 radical (unpaired) electrons. The fourth-order valence-corrected chi connectivity index (χ4v) is 9.74. The molecule has 0 unspecified atom stereocenters. The number of aromatic nitrogens is 5. The normalized spacial score (nSPS) is 12.0. The van der Waals surface area contributed by atoms with Crippen LogP contribution in [0.5, 0.6) is 0 Å². The Balaban J connectivity index is 1.21. The molecule has 12 rings (SSSR count). The third-order valence-corrected chi connectivity index (χ3v) is 13.0. The van der Waals surface area contributed by atoms with Gasteiger partial charge in [-0.15, -0.1) is 0 Å². The fraction of sp³-hybridized carbons (Fsp3) is 0.0333. The monoisotopic (exact) mass is 952 g/mol. The molecule has 0 bridgehead atoms. The van der Waals surface area contributed by atoms with Crippen molar-refractivity contribution in [3.05, 3.63) is 223 Å². The topological polar surface area (TPSA) is 72.3 Å². The van der Waals surface area contributed by atoms with Crippen molar-refractivity contribution in [2.24, 2.45) is 0 Å². The second-order valence-electron chi connectivity index (χ2n) is 17.4. The van der Waals surface area contributed by atoms with Crippen LogP contribution in [0.3, 0.4) is 0 Å². The first-order valence-corrected chi connectivity index (χ1v) is 22.8. The third kappa shape index (κ3) is 7.59. The van der Waals surface area contributed by atoms with Crippen molar-refractivity contribution >= 4 is 43.6 Å². The SMILES string of the molecule is N#Cc1cccc(-c2ccc(-n3c4ccccc4c4cc(C(F)(F)F)ccc43)c(-c3cc(-c4nc(-c5ccccc5)nc(-c5ccccc5)n4)ccc3-n3c4ccccc4c4cc(C(F)(F)F)ccc43)c2)c1. The predicted octanol–water partition coefficient (Wildman–Crippen LogP) is 16.3. The molecule has 12 heteroatoms. The molecule has 0 saturated carbocycles. The Kier molecular flexibility index (Phi) is 10.3. The lowest BCUT2D eigenvalue weighted by Crippen LogP contribution is -2.05. The minimum Gasteiger partial charge on any atom is -0.309 e. The van der Waals surface area contributed by atoms with Gasteiger partial charge in [-0.3, -0.25) is 0 Å². The van der Waals surface area contributed by atoms with E-state index in [1.54, 1.807) is 42.5 Å². The van der Waals surface area contributed by atoms with Crippen LogP contribution in [-0.2, 0) is 12.4 Å². The Hall–Kier alpha value is -9.34. The van der Waals surface area contributed by atoms with E-state index in [1.165, 1.54) is 24.3 Å². The van der Waals surface area contributed by atoms with Crippen LogP contribution >= 0.6 is 0 Å². The maximum atomic E-state index is 14.4. The van der Waals surface area contributed by atoms with Crippen molar-refractivity contribution in [2.75, 3.05) is 0 Å². The highest BCUT2D eigenvalue weighted by Gasteiger charge is 2.33. The molecule has 6 nitrogen and oxygen atoms in total. The lowest BCUT2D eigenvalue weighted by atomic mass is 9.93. The molecular formula is C60H34F6N6. The molecule has 0 aliphatic heterocycles. The van der Waals surface area contributed by atoms with Crippen LogP contribution in [0.2, 0.25) is 0 Å². The van der Waals surface area contributed by atoms with E-state index in [1.807, 2.05) is 137 Å². The van der Waals surface area contributed by atoms with E-state index in [2.05, 4.69) is 6.07 Å². The Morgan fingerprint density at radius 2 is 0.750 bits per heavy atom. The average Bonchev–Trinajstić information content (AvgIpc) is 3.92. The first kappa shape index (κ1) is 43.9. The largest absolute Gasteiger partial charge is 0.416 e. The Morgan fingerprint density at radius 3 is 1.24 bits per heavy atom. The zero-order valence-electron chi connectivity index (χ0n) is 37.6. The van der Waals surface area contributed by atoms with E-state index in [-0.39, 0.29) is 0 Å². The highest BCUT2D eigenvalue weighted by Crippen LogP contribution is 2.45. The number of hydrogen-bond acceptors (Lipinski definition) is 4. The second kappa shape index (κ2) is 17.0. The van der Waals surface area contributed by atoms with Crippen LogP contribution in [0.1, 0.15) is 16.7 Å². The van der Waals surface area contributed by atoms with Crippen LogP contribution in [0, 0.1) is 11.3 Å². The lowest BCUT2D eigenvalue weighted by molar-refractivity contribution is -0.138. The summed E-state index contributed by atoms with van der Waals surface area (Å²) in [6.45, 7) is 0. The number of halogens is 6. The van der Waals surface area contributed by atoms with Gasteiger partial charge in [0, 0.05) is 49.4 Å². The third-order valence-electron chi connectivity index (χ3n) is 13.0. The van der Waals surface area contributed by atoms with Crippen molar-refractivity contribution in [1.29, 1.82) is 5.26 Å². The predicted molar refractivity (Wildman–Crippen MR) is 270 cm³/mol. The van der Waals surface area contributed by atoms with E-state index >= 15 is 0 Å². The van der Waals surface area contributed by atoms with E-state index in [0.717, 1.165) is 34.4 Å². The van der Waals surface area contributed by atoms with Gasteiger partial charge in [0.05, 0.1) is 56.2 Å². The van der Waals surface area contributed by atoms with Crippen molar-refractivity contribution in [2.45, 2.75) is 12.4 Å². The van der Waals surface area contributed by atoms with Crippen molar-refractivity contribution < 1.29 is 26.3 Å². The standard InChI is InChI=1S/C60H34F6N6/c61-59(62,63)42-24-28-54-48(33-42)44-18-7-9-20-50(44)71(54)52-26-22-40(39-17-11-12-36(30-39)35-67)31-46(52)47-32-41(58-69-56(37-13-3-1-4-14-37)68-57(70-58)38-15-5-2-6-16-38)23-27-53(47)72-51-21-10-8-19-45(51)49-34-43(60(64,65)66)25-29-55(49)72/h1-34H. The lowest BCUT2D eigenvalue weighted by Gasteiger charge is -2.21. The number of benzene rings is 9. The molecule has 9 aromatic carbocycles. The van der Waals surface area contributed by atoms with Crippen molar-refractivity contribution in [3.8, 4) is 73.9 Å². The zero-order valence-corrected chi connectivity index (χ0v) is 37.6. The van der Waals surface area contributed by atoms with E-state index in [0.29, 0.717) is 94.7 Å². The van der Waals surface area contributed by atoms with Gasteiger partial charge < -0.3 is 9.13 Å². The van der Waals surface area contributed by atoms with E-state index in [4.69, 9.17) is 15.0 Å². The van der Waals surface area contributed by atoms with E-state index < -0.39 is 23.5 Å². The molecule has 12 aromatic rings. The smallest absolute Gasteiger partial charge is 0.309 e. The average molecular weight is 953 g/mol. The quantitative estimate of drug-likeness (QED) is 0.149. The van der Waals surface area contributed by atoms with Crippen molar-refractivity contribution in [3.63, 3.8) is 0 Å². The Morgan fingerprint density at radius 1 is 0.347 bits per heavy atom. The van der Waals surface area contributed by atoms with Gasteiger partial charge >= 0.3 is 12.4 Å². The maximum Gasteiger partial charge on any atom is 0.416 e. The number of fused-ring (bicyclic) bond motifs is 6. The number of nitriles is 1. The van der Waals surface area contributed by atoms with Gasteiger partial charge in [-0.25, -0.2) is 15.0 Å². The molecule has 3 aromatic heterocycles. The number of alkyl halides is 6. The van der Waals surface area contributed by atoms with Gasteiger partial charge in [-0.05, 0) is 102 Å². The summed E-state index contributed by atoms with van der Waals surface area (Å²) in [6, 6.07) is 62.0. The van der Waals surface area contributed by atoms with Gasteiger partial charge in [0.25, 0.3) is 0 Å². The molecule has 0 spiro atoms. The minimum absolute atomic E-state index is 0.337. The van der Waals surface area contributed by atoms with Crippen molar-refractivity contribution in [1.82, 2.24) is 24.1 Å². The summed E-state index contributed by atoms with van der Waals surface area (Å²) in [4.78, 5) is 15.0. The molecule has 72 heavy (non-hydrogen) atoms. The first-order valence-electron chi connectivity index (χ1n) is 22.8. The molecule has 0 aliphatic carbocycles. The summed E-state index contributed by atoms with van der Waals surface area (Å²) in [5.41, 5.74) is 7.04. The van der Waals surface area contributed by atoms with Gasteiger partial charge in [0.2, 0.25) is 0 Å². The zero-order chi connectivity index (χ0) is 49.3. The number of hydrogen-bond donors (Lipinski definition) is 0. The van der Waals surface area contributed by atoms with Crippen LogP contribution in [0.4, 0.5) is 26.3 Å². The van der Waals surface area contributed by atoms with Gasteiger partial charge in [-0.1, -0.05) is 115 Å². The van der Waals surface area contributed by atoms with Crippen LogP contribution < -0.4 is 0 Å². The molecule has 0 saturated heterocycles. The summed E-state index contributed by atoms with van der Waals surface area (Å²) >= 11 is 0. The summed E-state index contributed by atoms with van der Waals surface area (Å²) < 4.78 is 90.3. The van der Waals surface area contributed by atoms with E-state index in [9.17, 15) is 31.6 Å². The molecule has 0 amide bonds. The molecule has 0 fully saturated rings. The summed E-state index contributed by atoms with van der Waals surface area (Å²) in [5, 5.41) is 11.9. The number of nitrogens with zero attached hydrogens (tertiary/aromatic N) is 6. The molecule has 0 aliphatic rings. The molecule has 0 N–H and O–H groups in total.